The van der Waals surface area contributed by atoms with Gasteiger partial charge < -0.3 is 19.0 Å². The van der Waals surface area contributed by atoms with Crippen LogP contribution in [0.1, 0.15) is 23.0 Å². The fraction of sp³-hybridized carbons (Fsp3) is 0.125. The molecule has 0 fully saturated rings. The maximum atomic E-state index is 12.6. The third kappa shape index (κ3) is 4.39. The topological polar surface area (TPSA) is 110 Å². The van der Waals surface area contributed by atoms with Gasteiger partial charge in [0.15, 0.2) is 23.9 Å². The summed E-state index contributed by atoms with van der Waals surface area (Å²) in [5, 5.41) is 15.8. The van der Waals surface area contributed by atoms with Crippen LogP contribution in [-0.4, -0.2) is 36.4 Å². The highest BCUT2D eigenvalue weighted by molar-refractivity contribution is 6.08. The smallest absolute Gasteiger partial charge is 0.341 e. The molecule has 0 unspecified atom stereocenters. The molecule has 8 nitrogen and oxygen atoms in total. The van der Waals surface area contributed by atoms with Crippen molar-refractivity contribution in [3.8, 4) is 11.5 Å². The molecule has 0 bridgehead atoms. The van der Waals surface area contributed by atoms with Gasteiger partial charge in [0.25, 0.3) is 0 Å². The number of hydrogen-bond donors (Lipinski definition) is 2. The molecule has 1 heterocycles. The van der Waals surface area contributed by atoms with Crippen molar-refractivity contribution in [1.82, 2.24) is 5.43 Å². The largest absolute Gasteiger partial charge is 0.490 e. The molecule has 0 saturated carbocycles. The number of carboxylic acid groups (broad SMARTS) is 1. The Balaban J connectivity index is 1.55. The minimum Gasteiger partial charge on any atom is -0.490 e. The van der Waals surface area contributed by atoms with E-state index in [0.29, 0.717) is 23.5 Å². The van der Waals surface area contributed by atoms with Gasteiger partial charge in [-0.15, -0.1) is 0 Å². The predicted molar refractivity (Wildman–Crippen MR) is 120 cm³/mol. The van der Waals surface area contributed by atoms with Crippen LogP contribution in [0.2, 0.25) is 0 Å². The van der Waals surface area contributed by atoms with Crippen molar-refractivity contribution in [3.05, 3.63) is 72.0 Å². The number of para-hydroxylation sites is 1. The van der Waals surface area contributed by atoms with Gasteiger partial charge in [0.2, 0.25) is 0 Å². The number of carbonyl (C=O) groups is 2. The second-order valence-corrected chi connectivity index (χ2v) is 6.80. The van der Waals surface area contributed by atoms with Crippen molar-refractivity contribution < 1.29 is 28.6 Å². The van der Waals surface area contributed by atoms with Gasteiger partial charge in [-0.25, -0.2) is 10.2 Å². The van der Waals surface area contributed by atoms with Crippen molar-refractivity contribution in [2.45, 2.75) is 6.92 Å². The van der Waals surface area contributed by atoms with Crippen LogP contribution in [0.3, 0.4) is 0 Å². The molecular weight excluding hydrogens is 412 g/mol. The molecular formula is C24H20N2O6. The van der Waals surface area contributed by atoms with E-state index in [2.05, 4.69) is 10.5 Å². The summed E-state index contributed by atoms with van der Waals surface area (Å²) >= 11 is 0. The van der Waals surface area contributed by atoms with Gasteiger partial charge in [-0.1, -0.05) is 36.4 Å². The number of amides is 1. The van der Waals surface area contributed by atoms with Crippen LogP contribution in [0.25, 0.3) is 21.7 Å². The van der Waals surface area contributed by atoms with Gasteiger partial charge in [0, 0.05) is 10.9 Å². The fourth-order valence-corrected chi connectivity index (χ4v) is 3.31. The Bertz CT molecular complexity index is 1320. The molecule has 3 aromatic carbocycles. The van der Waals surface area contributed by atoms with Crippen LogP contribution in [-0.2, 0) is 4.79 Å². The first kappa shape index (κ1) is 20.9. The second kappa shape index (κ2) is 9.22. The van der Waals surface area contributed by atoms with E-state index in [1.54, 1.807) is 31.2 Å². The zero-order valence-corrected chi connectivity index (χ0v) is 17.2. The lowest BCUT2D eigenvalue weighted by atomic mass is 10.1. The Hall–Kier alpha value is -4.33. The number of nitrogens with zero attached hydrogens (tertiary/aromatic N) is 1. The number of rotatable bonds is 8. The number of carboxylic acids is 1. The standard InChI is InChI=1S/C24H20N2O6/c1-2-30-20-9-5-7-16(23(20)31-14-22(27)28)13-25-26-24(29)21-12-18-17-8-4-3-6-15(17)10-11-19(18)32-21/h3-13H,2,14H2,1H3,(H,26,29)(H,27,28)/b25-13-. The fourth-order valence-electron chi connectivity index (χ4n) is 3.31. The highest BCUT2D eigenvalue weighted by atomic mass is 16.5. The van der Waals surface area contributed by atoms with E-state index >= 15 is 0 Å². The average Bonchev–Trinajstić information content (AvgIpc) is 3.24. The molecule has 0 aliphatic heterocycles. The maximum absolute atomic E-state index is 12.6. The van der Waals surface area contributed by atoms with Gasteiger partial charge in [-0.05, 0) is 42.0 Å². The van der Waals surface area contributed by atoms with Gasteiger partial charge in [-0.2, -0.15) is 5.10 Å². The highest BCUT2D eigenvalue weighted by Gasteiger charge is 2.14. The molecule has 0 saturated heterocycles. The van der Waals surface area contributed by atoms with E-state index in [1.807, 2.05) is 36.4 Å². The Morgan fingerprint density at radius 2 is 1.91 bits per heavy atom. The normalized spacial score (nSPS) is 11.2. The Morgan fingerprint density at radius 3 is 2.72 bits per heavy atom. The van der Waals surface area contributed by atoms with E-state index in [0.717, 1.165) is 16.2 Å². The predicted octanol–water partition coefficient (Wildman–Crippen LogP) is 4.21. The van der Waals surface area contributed by atoms with E-state index in [4.69, 9.17) is 19.0 Å². The van der Waals surface area contributed by atoms with Crippen LogP contribution < -0.4 is 14.9 Å². The third-order valence-electron chi connectivity index (χ3n) is 4.67. The summed E-state index contributed by atoms with van der Waals surface area (Å²) in [6.45, 7) is 1.64. The SMILES string of the molecule is CCOc1cccc(/C=N\NC(=O)c2cc3c(ccc4ccccc43)o2)c1OCC(=O)O. The summed E-state index contributed by atoms with van der Waals surface area (Å²) in [5.41, 5.74) is 3.48. The summed E-state index contributed by atoms with van der Waals surface area (Å²) in [5.74, 6) is -0.905. The van der Waals surface area contributed by atoms with E-state index in [9.17, 15) is 9.59 Å². The Morgan fingerprint density at radius 1 is 1.06 bits per heavy atom. The number of carbonyl (C=O) groups excluding carboxylic acids is 1. The number of fused-ring (bicyclic) bond motifs is 3. The molecule has 0 radical (unpaired) electrons. The zero-order valence-electron chi connectivity index (χ0n) is 17.2. The van der Waals surface area contributed by atoms with Crippen LogP contribution in [0.4, 0.5) is 0 Å². The number of aliphatic carboxylic acids is 1. The van der Waals surface area contributed by atoms with Gasteiger partial charge in [-0.3, -0.25) is 4.79 Å². The quantitative estimate of drug-likeness (QED) is 0.319. The first-order valence-corrected chi connectivity index (χ1v) is 9.92. The zero-order chi connectivity index (χ0) is 22.5. The summed E-state index contributed by atoms with van der Waals surface area (Å²) in [4.78, 5) is 23.5. The molecule has 0 atom stereocenters. The first-order chi connectivity index (χ1) is 15.6. The van der Waals surface area contributed by atoms with Gasteiger partial charge in [0.1, 0.15) is 5.58 Å². The minimum atomic E-state index is -1.12. The van der Waals surface area contributed by atoms with E-state index < -0.39 is 18.5 Å². The molecule has 1 amide bonds. The monoisotopic (exact) mass is 432 g/mol. The van der Waals surface area contributed by atoms with Crippen molar-refractivity contribution in [1.29, 1.82) is 0 Å². The molecule has 1 aromatic heterocycles. The number of ether oxygens (including phenoxy) is 2. The summed E-state index contributed by atoms with van der Waals surface area (Å²) in [6.07, 6.45) is 1.36. The van der Waals surface area contributed by atoms with E-state index in [1.165, 1.54) is 6.21 Å². The van der Waals surface area contributed by atoms with Crippen LogP contribution in [0, 0.1) is 0 Å². The second-order valence-electron chi connectivity index (χ2n) is 6.80. The number of benzene rings is 3. The molecule has 0 aliphatic rings. The molecule has 8 heteroatoms. The van der Waals surface area contributed by atoms with Gasteiger partial charge in [0.05, 0.1) is 12.8 Å². The molecule has 4 aromatic rings. The van der Waals surface area contributed by atoms with Crippen LogP contribution in [0.15, 0.2) is 70.2 Å². The molecule has 162 valence electrons. The molecule has 32 heavy (non-hydrogen) atoms. The molecule has 0 spiro atoms. The van der Waals surface area contributed by atoms with Crippen LogP contribution in [0.5, 0.6) is 11.5 Å². The number of nitrogens with one attached hydrogen (secondary N) is 1. The van der Waals surface area contributed by atoms with E-state index in [-0.39, 0.29) is 11.5 Å². The minimum absolute atomic E-state index is 0.124. The number of furan rings is 1. The van der Waals surface area contributed by atoms with Crippen molar-refractivity contribution in [2.24, 2.45) is 5.10 Å². The van der Waals surface area contributed by atoms with Crippen molar-refractivity contribution in [2.75, 3.05) is 13.2 Å². The lowest BCUT2D eigenvalue weighted by Crippen LogP contribution is -2.17. The Labute approximate surface area is 183 Å². The first-order valence-electron chi connectivity index (χ1n) is 9.92. The lowest BCUT2D eigenvalue weighted by molar-refractivity contribution is -0.139. The lowest BCUT2D eigenvalue weighted by Gasteiger charge is -2.12. The summed E-state index contributed by atoms with van der Waals surface area (Å²) < 4.78 is 16.5. The Kier molecular flexibility index (Phi) is 6.03. The van der Waals surface area contributed by atoms with Crippen molar-refractivity contribution >= 4 is 39.8 Å². The molecule has 2 N–H and O–H groups in total. The molecule has 0 aliphatic carbocycles. The van der Waals surface area contributed by atoms with Crippen molar-refractivity contribution in [3.63, 3.8) is 0 Å². The summed E-state index contributed by atoms with van der Waals surface area (Å²) in [7, 11) is 0. The summed E-state index contributed by atoms with van der Waals surface area (Å²) in [6, 6.07) is 18.3. The molecule has 4 rings (SSSR count). The van der Waals surface area contributed by atoms with Gasteiger partial charge >= 0.3 is 11.9 Å². The third-order valence-corrected chi connectivity index (χ3v) is 4.67. The average molecular weight is 432 g/mol. The number of hydrogen-bond acceptors (Lipinski definition) is 6. The van der Waals surface area contributed by atoms with Crippen LogP contribution >= 0.6 is 0 Å². The maximum Gasteiger partial charge on any atom is 0.341 e. The number of hydrazone groups is 1. The highest BCUT2D eigenvalue weighted by Crippen LogP contribution is 2.31.